The van der Waals surface area contributed by atoms with Crippen LogP contribution in [0.2, 0.25) is 0 Å². The first-order chi connectivity index (χ1) is 22.0. The molecule has 8 nitrogen and oxygen atoms in total. The highest BCUT2D eigenvalue weighted by atomic mass is 127. The summed E-state index contributed by atoms with van der Waals surface area (Å²) in [6.45, 7) is 1.78. The van der Waals surface area contributed by atoms with E-state index in [1.165, 1.54) is 13.2 Å². The molecule has 1 N–H and O–H groups in total. The van der Waals surface area contributed by atoms with E-state index in [9.17, 15) is 27.6 Å². The average molecular weight is 763 g/mol. The van der Waals surface area contributed by atoms with Crippen molar-refractivity contribution in [2.75, 3.05) is 25.6 Å². The van der Waals surface area contributed by atoms with Gasteiger partial charge in [-0.1, -0.05) is 36.4 Å². The molecule has 1 aliphatic heterocycles. The summed E-state index contributed by atoms with van der Waals surface area (Å²) in [5.74, 6) is -0.620. The van der Waals surface area contributed by atoms with Gasteiger partial charge < -0.3 is 19.5 Å². The molecule has 0 bridgehead atoms. The SMILES string of the molecule is CCOc1cc(/C=C2\SC(=O)N(CC(=O)Nc3cc(C(F)(F)F)ccc3OC)C2=O)cc(I)c1OCc1ccc2ccccc2c1. The number of amides is 3. The Balaban J connectivity index is 1.30. The molecule has 1 fully saturated rings. The number of hydrogen-bond acceptors (Lipinski definition) is 7. The molecule has 46 heavy (non-hydrogen) atoms. The topological polar surface area (TPSA) is 94.2 Å². The lowest BCUT2D eigenvalue weighted by Crippen LogP contribution is -2.36. The van der Waals surface area contributed by atoms with Crippen LogP contribution in [0.3, 0.4) is 0 Å². The van der Waals surface area contributed by atoms with Crippen molar-refractivity contribution in [2.24, 2.45) is 0 Å². The van der Waals surface area contributed by atoms with Crippen molar-refractivity contribution < 1.29 is 41.8 Å². The molecule has 3 amide bonds. The maximum Gasteiger partial charge on any atom is 0.416 e. The number of benzene rings is 4. The summed E-state index contributed by atoms with van der Waals surface area (Å²) in [5.41, 5.74) is 0.300. The van der Waals surface area contributed by atoms with Gasteiger partial charge in [-0.3, -0.25) is 19.3 Å². The zero-order valence-corrected chi connectivity index (χ0v) is 27.4. The normalized spacial score (nSPS) is 14.2. The second-order valence-electron chi connectivity index (χ2n) is 9.96. The standard InChI is InChI=1S/C33H26F3IN2O6S/c1-3-44-27-14-20(13-24(37)30(27)45-18-19-8-9-21-6-4-5-7-22(21)12-19)15-28-31(41)39(32(42)46-28)17-29(40)38-25-16-23(33(34,35)36)10-11-26(25)43-2/h4-16H,3,17-18H2,1-2H3,(H,38,40)/b28-15-. The first-order valence-corrected chi connectivity index (χ1v) is 15.7. The van der Waals surface area contributed by atoms with Gasteiger partial charge in [0.2, 0.25) is 5.91 Å². The Labute approximate surface area is 280 Å². The van der Waals surface area contributed by atoms with Crippen LogP contribution in [0, 0.1) is 3.57 Å². The first-order valence-electron chi connectivity index (χ1n) is 13.8. The quantitative estimate of drug-likeness (QED) is 0.129. The molecule has 5 rings (SSSR count). The number of hydrogen-bond donors (Lipinski definition) is 1. The van der Waals surface area contributed by atoms with Crippen molar-refractivity contribution in [2.45, 2.75) is 19.7 Å². The van der Waals surface area contributed by atoms with Gasteiger partial charge in [0, 0.05) is 0 Å². The lowest BCUT2D eigenvalue weighted by molar-refractivity contribution is -0.137. The van der Waals surface area contributed by atoms with Crippen molar-refractivity contribution in [3.05, 3.63) is 98.0 Å². The lowest BCUT2D eigenvalue weighted by Gasteiger charge is -2.16. The molecule has 4 aromatic rings. The van der Waals surface area contributed by atoms with E-state index in [2.05, 4.69) is 34.0 Å². The van der Waals surface area contributed by atoms with Gasteiger partial charge in [0.25, 0.3) is 11.1 Å². The number of alkyl halides is 3. The molecular formula is C33H26F3IN2O6S. The number of fused-ring (bicyclic) bond motifs is 1. The number of nitrogens with zero attached hydrogens (tertiary/aromatic N) is 1. The van der Waals surface area contributed by atoms with Crippen molar-refractivity contribution in [1.29, 1.82) is 0 Å². The fraction of sp³-hybridized carbons (Fsp3) is 0.182. The average Bonchev–Trinajstić information content (AvgIpc) is 3.27. The summed E-state index contributed by atoms with van der Waals surface area (Å²) < 4.78 is 57.3. The van der Waals surface area contributed by atoms with Crippen molar-refractivity contribution in [3.63, 3.8) is 0 Å². The maximum atomic E-state index is 13.2. The van der Waals surface area contributed by atoms with E-state index in [-0.39, 0.29) is 16.3 Å². The third kappa shape index (κ3) is 7.58. The number of methoxy groups -OCH3 is 1. The summed E-state index contributed by atoms with van der Waals surface area (Å²) in [6, 6.07) is 20.2. The molecular weight excluding hydrogens is 736 g/mol. The van der Waals surface area contributed by atoms with Crippen molar-refractivity contribution >= 4 is 73.9 Å². The number of thioether (sulfide) groups is 1. The highest BCUT2D eigenvalue weighted by molar-refractivity contribution is 14.1. The Morgan fingerprint density at radius 2 is 1.74 bits per heavy atom. The van der Waals surface area contributed by atoms with Gasteiger partial charge in [0.15, 0.2) is 11.5 Å². The summed E-state index contributed by atoms with van der Waals surface area (Å²) in [6.07, 6.45) is -3.14. The number of ether oxygens (including phenoxy) is 3. The number of nitrogens with one attached hydrogen (secondary N) is 1. The van der Waals surface area contributed by atoms with E-state index >= 15 is 0 Å². The number of carbonyl (C=O) groups is 3. The van der Waals surface area contributed by atoms with E-state index in [1.807, 2.05) is 43.3 Å². The van der Waals surface area contributed by atoms with E-state index in [0.717, 1.165) is 39.4 Å². The van der Waals surface area contributed by atoms with Crippen LogP contribution in [0.4, 0.5) is 23.7 Å². The van der Waals surface area contributed by atoms with Crippen LogP contribution in [0.1, 0.15) is 23.6 Å². The zero-order chi connectivity index (χ0) is 33.0. The van der Waals surface area contributed by atoms with Crippen LogP contribution in [0.15, 0.2) is 77.7 Å². The number of anilines is 1. The molecule has 1 saturated heterocycles. The van der Waals surface area contributed by atoms with Gasteiger partial charge in [0.1, 0.15) is 18.9 Å². The lowest BCUT2D eigenvalue weighted by atomic mass is 10.1. The molecule has 1 aliphatic rings. The number of halogens is 4. The Hall–Kier alpha value is -4.24. The van der Waals surface area contributed by atoms with E-state index in [1.54, 1.807) is 12.1 Å². The van der Waals surface area contributed by atoms with Crippen LogP contribution in [0.5, 0.6) is 17.2 Å². The van der Waals surface area contributed by atoms with Gasteiger partial charge >= 0.3 is 6.18 Å². The zero-order valence-electron chi connectivity index (χ0n) is 24.4. The van der Waals surface area contributed by atoms with Crippen molar-refractivity contribution in [1.82, 2.24) is 4.90 Å². The molecule has 0 saturated carbocycles. The van der Waals surface area contributed by atoms with Crippen LogP contribution in [0.25, 0.3) is 16.8 Å². The van der Waals surface area contributed by atoms with Crippen molar-refractivity contribution in [3.8, 4) is 17.2 Å². The molecule has 0 radical (unpaired) electrons. The third-order valence-electron chi connectivity index (χ3n) is 6.80. The monoisotopic (exact) mass is 762 g/mol. The second-order valence-corrected chi connectivity index (χ2v) is 12.1. The maximum absolute atomic E-state index is 13.2. The Bertz CT molecular complexity index is 1860. The number of carbonyl (C=O) groups excluding carboxylic acids is 3. The summed E-state index contributed by atoms with van der Waals surface area (Å²) in [7, 11) is 1.24. The van der Waals surface area contributed by atoms with Crippen LogP contribution >= 0.6 is 34.4 Å². The molecule has 0 atom stereocenters. The predicted octanol–water partition coefficient (Wildman–Crippen LogP) is 8.12. The number of rotatable bonds is 10. The van der Waals surface area contributed by atoms with Gasteiger partial charge in [-0.05, 0) is 106 Å². The van der Waals surface area contributed by atoms with Gasteiger partial charge in [0.05, 0.1) is 33.4 Å². The van der Waals surface area contributed by atoms with Crippen LogP contribution < -0.4 is 19.5 Å². The molecule has 4 aromatic carbocycles. The molecule has 238 valence electrons. The van der Waals surface area contributed by atoms with Gasteiger partial charge in [-0.2, -0.15) is 13.2 Å². The fourth-order valence-electron chi connectivity index (χ4n) is 4.66. The number of imide groups is 1. The summed E-state index contributed by atoms with van der Waals surface area (Å²) in [4.78, 5) is 39.4. The molecule has 0 aromatic heterocycles. The largest absolute Gasteiger partial charge is 0.495 e. The van der Waals surface area contributed by atoms with E-state index in [0.29, 0.717) is 45.6 Å². The molecule has 0 spiro atoms. The van der Waals surface area contributed by atoms with Crippen LogP contribution in [-0.2, 0) is 22.4 Å². The van der Waals surface area contributed by atoms with Gasteiger partial charge in [-0.25, -0.2) is 0 Å². The van der Waals surface area contributed by atoms with E-state index in [4.69, 9.17) is 14.2 Å². The molecule has 0 unspecified atom stereocenters. The smallest absolute Gasteiger partial charge is 0.416 e. The van der Waals surface area contributed by atoms with Crippen LogP contribution in [-0.4, -0.2) is 42.2 Å². The highest BCUT2D eigenvalue weighted by Crippen LogP contribution is 2.39. The minimum atomic E-state index is -4.65. The Morgan fingerprint density at radius 3 is 2.46 bits per heavy atom. The first kappa shape index (κ1) is 33.1. The Morgan fingerprint density at radius 1 is 0.978 bits per heavy atom. The summed E-state index contributed by atoms with van der Waals surface area (Å²) in [5, 5.41) is 3.83. The van der Waals surface area contributed by atoms with E-state index < -0.39 is 35.3 Å². The fourth-order valence-corrected chi connectivity index (χ4v) is 6.28. The molecule has 0 aliphatic carbocycles. The minimum absolute atomic E-state index is 0.0141. The molecule has 1 heterocycles. The Kier molecular flexibility index (Phi) is 10.1. The third-order valence-corrected chi connectivity index (χ3v) is 8.51. The highest BCUT2D eigenvalue weighted by Gasteiger charge is 2.37. The molecule has 13 heteroatoms. The second kappa shape index (κ2) is 14.0. The minimum Gasteiger partial charge on any atom is -0.495 e. The summed E-state index contributed by atoms with van der Waals surface area (Å²) >= 11 is 2.76. The van der Waals surface area contributed by atoms with Gasteiger partial charge in [-0.15, -0.1) is 0 Å². The predicted molar refractivity (Wildman–Crippen MR) is 178 cm³/mol.